The van der Waals surface area contributed by atoms with E-state index >= 15 is 0 Å². The third kappa shape index (κ3) is 3.67. The van der Waals surface area contributed by atoms with Crippen molar-refractivity contribution in [1.82, 2.24) is 9.97 Å². The lowest BCUT2D eigenvalue weighted by Gasteiger charge is -2.31. The van der Waals surface area contributed by atoms with Crippen LogP contribution in [0.3, 0.4) is 0 Å². The summed E-state index contributed by atoms with van der Waals surface area (Å²) in [5.74, 6) is 0.898. The molecule has 0 radical (unpaired) electrons. The SMILES string of the molecule is O=C(O)C1CCN(c2cc(NC3CCCCC3)ncn2)CC1. The van der Waals surface area contributed by atoms with Crippen LogP contribution in [-0.4, -0.2) is 40.2 Å². The van der Waals surface area contributed by atoms with Gasteiger partial charge in [-0.3, -0.25) is 4.79 Å². The van der Waals surface area contributed by atoms with E-state index in [-0.39, 0.29) is 5.92 Å². The molecule has 1 aromatic heterocycles. The Balaban J connectivity index is 1.60. The van der Waals surface area contributed by atoms with Crippen molar-refractivity contribution in [2.45, 2.75) is 51.0 Å². The van der Waals surface area contributed by atoms with Gasteiger partial charge in [0, 0.05) is 25.2 Å². The van der Waals surface area contributed by atoms with Gasteiger partial charge in [-0.1, -0.05) is 19.3 Å². The van der Waals surface area contributed by atoms with Crippen LogP contribution in [-0.2, 0) is 4.79 Å². The molecule has 3 rings (SSSR count). The standard InChI is InChI=1S/C16H24N4O2/c21-16(22)12-6-8-20(9-7-12)15-10-14(17-11-18-15)19-13-4-2-1-3-5-13/h10-13H,1-9H2,(H,21,22)(H,17,18,19). The number of anilines is 2. The summed E-state index contributed by atoms with van der Waals surface area (Å²) in [6, 6.07) is 2.52. The summed E-state index contributed by atoms with van der Waals surface area (Å²) in [4.78, 5) is 21.9. The van der Waals surface area contributed by atoms with Gasteiger partial charge in [-0.25, -0.2) is 9.97 Å². The fourth-order valence-corrected chi connectivity index (χ4v) is 3.41. The van der Waals surface area contributed by atoms with Crippen LogP contribution in [0.4, 0.5) is 11.6 Å². The quantitative estimate of drug-likeness (QED) is 0.890. The third-order valence-corrected chi connectivity index (χ3v) is 4.78. The number of carboxylic acid groups (broad SMARTS) is 1. The summed E-state index contributed by atoms with van der Waals surface area (Å²) >= 11 is 0. The Morgan fingerprint density at radius 1 is 1.14 bits per heavy atom. The van der Waals surface area contributed by atoms with Crippen molar-refractivity contribution in [3.8, 4) is 0 Å². The molecular formula is C16H24N4O2. The lowest BCUT2D eigenvalue weighted by atomic mass is 9.95. The van der Waals surface area contributed by atoms with Crippen LogP contribution in [0.15, 0.2) is 12.4 Å². The molecule has 2 aliphatic rings. The molecule has 2 fully saturated rings. The van der Waals surface area contributed by atoms with Gasteiger partial charge in [0.15, 0.2) is 0 Å². The van der Waals surface area contributed by atoms with Crippen LogP contribution in [0, 0.1) is 5.92 Å². The van der Waals surface area contributed by atoms with Crippen molar-refractivity contribution in [2.24, 2.45) is 5.92 Å². The molecule has 0 atom stereocenters. The number of nitrogens with one attached hydrogen (secondary N) is 1. The average Bonchev–Trinajstić information content (AvgIpc) is 2.56. The number of carbonyl (C=O) groups is 1. The van der Waals surface area contributed by atoms with E-state index in [1.165, 1.54) is 32.1 Å². The van der Waals surface area contributed by atoms with E-state index in [1.807, 2.05) is 6.07 Å². The predicted molar refractivity (Wildman–Crippen MR) is 85.1 cm³/mol. The molecular weight excluding hydrogens is 280 g/mol. The van der Waals surface area contributed by atoms with Gasteiger partial charge in [0.25, 0.3) is 0 Å². The largest absolute Gasteiger partial charge is 0.481 e. The van der Waals surface area contributed by atoms with Crippen molar-refractivity contribution in [1.29, 1.82) is 0 Å². The Morgan fingerprint density at radius 2 is 1.86 bits per heavy atom. The number of piperidine rings is 1. The molecule has 1 aliphatic carbocycles. The number of carboxylic acids is 1. The van der Waals surface area contributed by atoms with E-state index in [2.05, 4.69) is 20.2 Å². The minimum Gasteiger partial charge on any atom is -0.481 e. The van der Waals surface area contributed by atoms with Gasteiger partial charge < -0.3 is 15.3 Å². The number of hydrogen-bond acceptors (Lipinski definition) is 5. The Kier molecular flexibility index (Phi) is 4.75. The highest BCUT2D eigenvalue weighted by Gasteiger charge is 2.25. The maximum absolute atomic E-state index is 11.0. The average molecular weight is 304 g/mol. The number of rotatable bonds is 4. The van der Waals surface area contributed by atoms with Crippen molar-refractivity contribution < 1.29 is 9.90 Å². The summed E-state index contributed by atoms with van der Waals surface area (Å²) in [7, 11) is 0. The number of aliphatic carboxylic acids is 1. The maximum atomic E-state index is 11.0. The number of nitrogens with zero attached hydrogens (tertiary/aromatic N) is 3. The van der Waals surface area contributed by atoms with Crippen LogP contribution < -0.4 is 10.2 Å². The van der Waals surface area contributed by atoms with Crippen LogP contribution >= 0.6 is 0 Å². The predicted octanol–water partition coefficient (Wildman–Crippen LogP) is 2.52. The van der Waals surface area contributed by atoms with Crippen LogP contribution in [0.1, 0.15) is 44.9 Å². The zero-order valence-electron chi connectivity index (χ0n) is 12.9. The molecule has 2 heterocycles. The third-order valence-electron chi connectivity index (χ3n) is 4.78. The van der Waals surface area contributed by atoms with Gasteiger partial charge in [0.2, 0.25) is 0 Å². The molecule has 0 aromatic carbocycles. The van der Waals surface area contributed by atoms with Crippen molar-refractivity contribution in [3.63, 3.8) is 0 Å². The first kappa shape index (κ1) is 15.1. The van der Waals surface area contributed by atoms with E-state index in [9.17, 15) is 4.79 Å². The van der Waals surface area contributed by atoms with Gasteiger partial charge in [0.05, 0.1) is 5.92 Å². The van der Waals surface area contributed by atoms with Crippen molar-refractivity contribution >= 4 is 17.6 Å². The summed E-state index contributed by atoms with van der Waals surface area (Å²) in [5, 5.41) is 12.6. The normalized spacial score (nSPS) is 20.8. The topological polar surface area (TPSA) is 78.4 Å². The minimum atomic E-state index is -0.679. The Labute approximate surface area is 131 Å². The molecule has 1 saturated carbocycles. The zero-order valence-corrected chi connectivity index (χ0v) is 12.9. The van der Waals surface area contributed by atoms with E-state index in [4.69, 9.17) is 5.11 Å². The second-order valence-electron chi connectivity index (χ2n) is 6.34. The van der Waals surface area contributed by atoms with Crippen LogP contribution in [0.5, 0.6) is 0 Å². The van der Waals surface area contributed by atoms with Gasteiger partial charge >= 0.3 is 5.97 Å². The summed E-state index contributed by atoms with van der Waals surface area (Å²) in [5.41, 5.74) is 0. The molecule has 1 aromatic rings. The highest BCUT2D eigenvalue weighted by atomic mass is 16.4. The van der Waals surface area contributed by atoms with E-state index < -0.39 is 5.97 Å². The van der Waals surface area contributed by atoms with Gasteiger partial charge in [-0.05, 0) is 25.7 Å². The smallest absolute Gasteiger partial charge is 0.306 e. The van der Waals surface area contributed by atoms with E-state index in [1.54, 1.807) is 6.33 Å². The van der Waals surface area contributed by atoms with Gasteiger partial charge in [-0.2, -0.15) is 0 Å². The summed E-state index contributed by atoms with van der Waals surface area (Å²) < 4.78 is 0. The fraction of sp³-hybridized carbons (Fsp3) is 0.688. The second kappa shape index (κ2) is 6.94. The zero-order chi connectivity index (χ0) is 15.4. The van der Waals surface area contributed by atoms with Crippen LogP contribution in [0.25, 0.3) is 0 Å². The number of hydrogen-bond donors (Lipinski definition) is 2. The highest BCUT2D eigenvalue weighted by Crippen LogP contribution is 2.25. The Hall–Kier alpha value is -1.85. The second-order valence-corrected chi connectivity index (χ2v) is 6.34. The molecule has 0 spiro atoms. The summed E-state index contributed by atoms with van der Waals surface area (Å²) in [6.07, 6.45) is 9.31. The molecule has 1 saturated heterocycles. The molecule has 6 nitrogen and oxygen atoms in total. The molecule has 120 valence electrons. The first-order valence-electron chi connectivity index (χ1n) is 8.29. The van der Waals surface area contributed by atoms with Crippen LogP contribution in [0.2, 0.25) is 0 Å². The van der Waals surface area contributed by atoms with Crippen molar-refractivity contribution in [3.05, 3.63) is 12.4 Å². The monoisotopic (exact) mass is 304 g/mol. The van der Waals surface area contributed by atoms with Crippen molar-refractivity contribution in [2.75, 3.05) is 23.3 Å². The molecule has 0 bridgehead atoms. The summed E-state index contributed by atoms with van der Waals surface area (Å²) in [6.45, 7) is 1.49. The van der Waals surface area contributed by atoms with Gasteiger partial charge in [-0.15, -0.1) is 0 Å². The minimum absolute atomic E-state index is 0.210. The highest BCUT2D eigenvalue weighted by molar-refractivity contribution is 5.70. The molecule has 2 N–H and O–H groups in total. The Morgan fingerprint density at radius 3 is 2.55 bits per heavy atom. The molecule has 0 amide bonds. The molecule has 1 aliphatic heterocycles. The van der Waals surface area contributed by atoms with Gasteiger partial charge in [0.1, 0.15) is 18.0 Å². The fourth-order valence-electron chi connectivity index (χ4n) is 3.41. The lowest BCUT2D eigenvalue weighted by Crippen LogP contribution is -2.36. The molecule has 22 heavy (non-hydrogen) atoms. The number of aromatic nitrogens is 2. The molecule has 6 heteroatoms. The first-order chi connectivity index (χ1) is 10.7. The van der Waals surface area contributed by atoms with E-state index in [0.29, 0.717) is 18.9 Å². The molecule has 0 unspecified atom stereocenters. The Bertz CT molecular complexity index is 509. The van der Waals surface area contributed by atoms with E-state index in [0.717, 1.165) is 24.7 Å². The maximum Gasteiger partial charge on any atom is 0.306 e. The lowest BCUT2D eigenvalue weighted by molar-refractivity contribution is -0.142. The first-order valence-corrected chi connectivity index (χ1v) is 8.29.